The van der Waals surface area contributed by atoms with Crippen molar-refractivity contribution < 1.29 is 5.11 Å². The molecule has 0 aromatic carbocycles. The fraction of sp³-hybridized carbons (Fsp3) is 1.00. The predicted octanol–water partition coefficient (Wildman–Crippen LogP) is 1.20. The van der Waals surface area contributed by atoms with E-state index >= 15 is 0 Å². The fourth-order valence-electron chi connectivity index (χ4n) is 3.37. The van der Waals surface area contributed by atoms with Gasteiger partial charge in [0.1, 0.15) is 0 Å². The molecule has 2 nitrogen and oxygen atoms in total. The van der Waals surface area contributed by atoms with Crippen LogP contribution in [0.2, 0.25) is 0 Å². The lowest BCUT2D eigenvalue weighted by molar-refractivity contribution is 0.0462. The molecule has 1 saturated heterocycles. The van der Waals surface area contributed by atoms with Gasteiger partial charge in [-0.1, -0.05) is 13.3 Å². The van der Waals surface area contributed by atoms with E-state index in [1.54, 1.807) is 0 Å². The molecule has 0 spiro atoms. The van der Waals surface area contributed by atoms with Crippen LogP contribution in [-0.4, -0.2) is 36.8 Å². The summed E-state index contributed by atoms with van der Waals surface area (Å²) in [4.78, 5) is 2.39. The smallest absolute Gasteiger partial charge is 0.0474 e. The summed E-state index contributed by atoms with van der Waals surface area (Å²) >= 11 is 0. The van der Waals surface area contributed by atoms with Crippen molar-refractivity contribution in [1.29, 1.82) is 0 Å². The van der Waals surface area contributed by atoms with Crippen molar-refractivity contribution in [3.63, 3.8) is 0 Å². The molecule has 0 amide bonds. The van der Waals surface area contributed by atoms with Gasteiger partial charge in [-0.15, -0.1) is 0 Å². The van der Waals surface area contributed by atoms with Crippen molar-refractivity contribution in [1.82, 2.24) is 4.90 Å². The number of aliphatic hydroxyl groups excluding tert-OH is 1. The van der Waals surface area contributed by atoms with Gasteiger partial charge in [0.25, 0.3) is 0 Å². The number of nitrogens with zero attached hydrogens (tertiary/aromatic N) is 1. The van der Waals surface area contributed by atoms with Crippen LogP contribution in [0.4, 0.5) is 0 Å². The fourth-order valence-corrected chi connectivity index (χ4v) is 3.37. The molecule has 76 valence electrons. The summed E-state index contributed by atoms with van der Waals surface area (Å²) in [6, 6.07) is 0. The lowest BCUT2D eigenvalue weighted by Gasteiger charge is -2.39. The molecular weight excluding hydrogens is 162 g/mol. The molecule has 2 fully saturated rings. The summed E-state index contributed by atoms with van der Waals surface area (Å²) in [6.07, 6.45) is 2.73. The average Bonchev–Trinajstić information content (AvgIpc) is 2.47. The Bertz CT molecular complexity index is 183. The molecule has 2 rings (SSSR count). The first-order chi connectivity index (χ1) is 6.22. The SMILES string of the molecule is CC1CCC2C(CO)CN(C)CC12. The van der Waals surface area contributed by atoms with Gasteiger partial charge in [-0.3, -0.25) is 0 Å². The van der Waals surface area contributed by atoms with Crippen molar-refractivity contribution in [3.8, 4) is 0 Å². The second-order valence-corrected chi connectivity index (χ2v) is 5.05. The van der Waals surface area contributed by atoms with E-state index < -0.39 is 0 Å². The molecule has 1 aliphatic heterocycles. The first-order valence-electron chi connectivity index (χ1n) is 5.51. The lowest BCUT2D eigenvalue weighted by Crippen LogP contribution is -2.45. The molecule has 1 heterocycles. The topological polar surface area (TPSA) is 23.5 Å². The van der Waals surface area contributed by atoms with Crippen LogP contribution in [-0.2, 0) is 0 Å². The second kappa shape index (κ2) is 3.58. The van der Waals surface area contributed by atoms with Crippen LogP contribution in [0.25, 0.3) is 0 Å². The molecule has 1 N–H and O–H groups in total. The first-order valence-corrected chi connectivity index (χ1v) is 5.51. The number of piperidine rings is 1. The van der Waals surface area contributed by atoms with Crippen molar-refractivity contribution in [2.75, 3.05) is 26.7 Å². The minimum Gasteiger partial charge on any atom is -0.396 e. The van der Waals surface area contributed by atoms with Crippen LogP contribution in [0.5, 0.6) is 0 Å². The van der Waals surface area contributed by atoms with E-state index in [0.717, 1.165) is 24.3 Å². The van der Waals surface area contributed by atoms with E-state index in [1.165, 1.54) is 19.4 Å². The zero-order valence-electron chi connectivity index (χ0n) is 8.74. The third-order valence-electron chi connectivity index (χ3n) is 4.14. The van der Waals surface area contributed by atoms with Crippen molar-refractivity contribution >= 4 is 0 Å². The van der Waals surface area contributed by atoms with Crippen molar-refractivity contribution in [3.05, 3.63) is 0 Å². The van der Waals surface area contributed by atoms with Gasteiger partial charge in [-0.25, -0.2) is 0 Å². The normalized spacial score (nSPS) is 46.4. The Kier molecular flexibility index (Phi) is 2.61. The van der Waals surface area contributed by atoms with E-state index in [-0.39, 0.29) is 0 Å². The number of rotatable bonds is 1. The zero-order chi connectivity index (χ0) is 9.42. The van der Waals surface area contributed by atoms with Gasteiger partial charge < -0.3 is 10.0 Å². The molecule has 13 heavy (non-hydrogen) atoms. The van der Waals surface area contributed by atoms with Crippen molar-refractivity contribution in [2.45, 2.75) is 19.8 Å². The van der Waals surface area contributed by atoms with E-state index in [2.05, 4.69) is 18.9 Å². The van der Waals surface area contributed by atoms with E-state index in [4.69, 9.17) is 0 Å². The van der Waals surface area contributed by atoms with Crippen LogP contribution in [0.3, 0.4) is 0 Å². The quantitative estimate of drug-likeness (QED) is 0.660. The Morgan fingerprint density at radius 3 is 2.69 bits per heavy atom. The highest BCUT2D eigenvalue weighted by atomic mass is 16.3. The Morgan fingerprint density at radius 2 is 2.00 bits per heavy atom. The summed E-state index contributed by atoms with van der Waals surface area (Å²) in [5.41, 5.74) is 0. The number of hydrogen-bond donors (Lipinski definition) is 1. The molecule has 1 aliphatic carbocycles. The first kappa shape index (κ1) is 9.47. The van der Waals surface area contributed by atoms with Gasteiger partial charge in [0, 0.05) is 19.7 Å². The van der Waals surface area contributed by atoms with Gasteiger partial charge in [0.2, 0.25) is 0 Å². The molecule has 0 bridgehead atoms. The largest absolute Gasteiger partial charge is 0.396 e. The highest BCUT2D eigenvalue weighted by Crippen LogP contribution is 2.43. The third-order valence-corrected chi connectivity index (χ3v) is 4.14. The number of hydrogen-bond acceptors (Lipinski definition) is 2. The summed E-state index contributed by atoms with van der Waals surface area (Å²) in [5, 5.41) is 9.32. The highest BCUT2D eigenvalue weighted by molar-refractivity contribution is 4.92. The summed E-state index contributed by atoms with van der Waals surface area (Å²) < 4.78 is 0. The van der Waals surface area contributed by atoms with Crippen LogP contribution in [0, 0.1) is 23.7 Å². The molecule has 0 aromatic rings. The molecule has 4 atom stereocenters. The maximum atomic E-state index is 9.32. The molecule has 0 aromatic heterocycles. The number of fused-ring (bicyclic) bond motifs is 1. The number of likely N-dealkylation sites (tertiary alicyclic amines) is 1. The molecule has 2 heteroatoms. The second-order valence-electron chi connectivity index (χ2n) is 5.05. The molecule has 0 radical (unpaired) electrons. The summed E-state index contributed by atoms with van der Waals surface area (Å²) in [7, 11) is 2.18. The van der Waals surface area contributed by atoms with Crippen LogP contribution < -0.4 is 0 Å². The monoisotopic (exact) mass is 183 g/mol. The van der Waals surface area contributed by atoms with Crippen LogP contribution in [0.15, 0.2) is 0 Å². The van der Waals surface area contributed by atoms with Gasteiger partial charge in [0.15, 0.2) is 0 Å². The Hall–Kier alpha value is -0.0800. The van der Waals surface area contributed by atoms with Gasteiger partial charge >= 0.3 is 0 Å². The van der Waals surface area contributed by atoms with E-state index in [9.17, 15) is 5.11 Å². The summed E-state index contributed by atoms with van der Waals surface area (Å²) in [5.74, 6) is 3.10. The Morgan fingerprint density at radius 1 is 1.23 bits per heavy atom. The molecule has 4 unspecified atom stereocenters. The van der Waals surface area contributed by atoms with Crippen LogP contribution in [0.1, 0.15) is 19.8 Å². The minimum absolute atomic E-state index is 0.387. The van der Waals surface area contributed by atoms with Gasteiger partial charge in [-0.05, 0) is 37.1 Å². The van der Waals surface area contributed by atoms with Crippen LogP contribution >= 0.6 is 0 Å². The number of aliphatic hydroxyl groups is 1. The van der Waals surface area contributed by atoms with Crippen molar-refractivity contribution in [2.24, 2.45) is 23.7 Å². The molecular formula is C11H21NO. The Labute approximate surface area is 80.9 Å². The van der Waals surface area contributed by atoms with E-state index in [1.807, 2.05) is 0 Å². The lowest BCUT2D eigenvalue weighted by atomic mass is 9.78. The van der Waals surface area contributed by atoms with Gasteiger partial charge in [-0.2, -0.15) is 0 Å². The molecule has 1 saturated carbocycles. The predicted molar refractivity (Wildman–Crippen MR) is 53.5 cm³/mol. The molecule has 2 aliphatic rings. The maximum absolute atomic E-state index is 9.32. The average molecular weight is 183 g/mol. The zero-order valence-corrected chi connectivity index (χ0v) is 8.74. The Balaban J connectivity index is 2.08. The minimum atomic E-state index is 0.387. The van der Waals surface area contributed by atoms with E-state index in [0.29, 0.717) is 12.5 Å². The standard InChI is InChI=1S/C11H21NO/c1-8-3-4-10-9(7-13)5-12(2)6-11(8)10/h8-11,13H,3-7H2,1-2H3. The maximum Gasteiger partial charge on any atom is 0.0474 e. The third kappa shape index (κ3) is 1.62. The van der Waals surface area contributed by atoms with Gasteiger partial charge in [0.05, 0.1) is 0 Å². The highest BCUT2D eigenvalue weighted by Gasteiger charge is 2.41. The summed E-state index contributed by atoms with van der Waals surface area (Å²) in [6.45, 7) is 5.11.